The molecule has 0 radical (unpaired) electrons. The van der Waals surface area contributed by atoms with Gasteiger partial charge in [0.1, 0.15) is 23.3 Å². The number of nitrogens with one attached hydrogen (secondary N) is 2. The molecule has 3 atom stereocenters. The number of alkyl halides is 4. The van der Waals surface area contributed by atoms with E-state index in [4.69, 9.17) is 9.47 Å². The molecule has 49 heavy (non-hydrogen) atoms. The van der Waals surface area contributed by atoms with Crippen LogP contribution in [0.3, 0.4) is 0 Å². The Morgan fingerprint density at radius 3 is 2.51 bits per heavy atom. The van der Waals surface area contributed by atoms with Crippen molar-refractivity contribution >= 4 is 28.5 Å². The number of anilines is 2. The van der Waals surface area contributed by atoms with Crippen LogP contribution in [0, 0.1) is 12.7 Å². The van der Waals surface area contributed by atoms with E-state index in [0.717, 1.165) is 13.2 Å². The monoisotopic (exact) mass is 688 g/mol. The quantitative estimate of drug-likeness (QED) is 0.171. The number of aryl methyl sites for hydroxylation is 1. The zero-order valence-corrected chi connectivity index (χ0v) is 27.6. The van der Waals surface area contributed by atoms with E-state index in [1.54, 1.807) is 58.0 Å². The summed E-state index contributed by atoms with van der Waals surface area (Å²) in [6, 6.07) is 10.4. The summed E-state index contributed by atoms with van der Waals surface area (Å²) in [6.07, 6.45) is -5.51. The molecule has 1 fully saturated rings. The van der Waals surface area contributed by atoms with Crippen molar-refractivity contribution in [2.45, 2.75) is 64.2 Å². The van der Waals surface area contributed by atoms with Gasteiger partial charge in [-0.3, -0.25) is 0 Å². The first kappa shape index (κ1) is 35.5. The van der Waals surface area contributed by atoms with Crippen LogP contribution in [0.5, 0.6) is 11.6 Å². The summed E-state index contributed by atoms with van der Waals surface area (Å²) in [4.78, 5) is 27.2. The highest BCUT2D eigenvalue weighted by molar-refractivity contribution is 5.99. The van der Waals surface area contributed by atoms with E-state index in [2.05, 4.69) is 30.3 Å². The van der Waals surface area contributed by atoms with Crippen molar-refractivity contribution in [1.82, 2.24) is 19.9 Å². The van der Waals surface area contributed by atoms with Gasteiger partial charge in [-0.15, -0.1) is 0 Å². The number of fused-ring (bicyclic) bond motifs is 1. The number of piperidine rings is 1. The molecule has 1 saturated heterocycles. The second-order valence-electron chi connectivity index (χ2n) is 12.7. The molecule has 5 rings (SSSR count). The number of hydrogen-bond acceptors (Lipinski definition) is 9. The van der Waals surface area contributed by atoms with Gasteiger partial charge in [0.15, 0.2) is 6.10 Å². The molecule has 3 heterocycles. The predicted molar refractivity (Wildman–Crippen MR) is 174 cm³/mol. The average Bonchev–Trinajstić information content (AvgIpc) is 3.02. The highest BCUT2D eigenvalue weighted by Crippen LogP contribution is 2.40. The summed E-state index contributed by atoms with van der Waals surface area (Å²) < 4.78 is 85.8. The van der Waals surface area contributed by atoms with Gasteiger partial charge in [-0.05, 0) is 63.6 Å². The van der Waals surface area contributed by atoms with Crippen molar-refractivity contribution in [3.05, 3.63) is 66.2 Å². The average molecular weight is 689 g/mol. The first-order valence-electron chi connectivity index (χ1n) is 15.5. The number of halogens is 5. The summed E-state index contributed by atoms with van der Waals surface area (Å²) in [6.45, 7) is 6.39. The largest absolute Gasteiger partial charge is 0.444 e. The van der Waals surface area contributed by atoms with Gasteiger partial charge in [-0.2, -0.15) is 13.2 Å². The first-order valence-corrected chi connectivity index (χ1v) is 15.5. The molecule has 0 aliphatic carbocycles. The number of carbonyl (C=O) groups excluding carboxylic acids is 1. The molecule has 2 N–H and O–H groups in total. The van der Waals surface area contributed by atoms with Crippen molar-refractivity contribution in [2.75, 3.05) is 37.4 Å². The lowest BCUT2D eigenvalue weighted by atomic mass is 10.0. The van der Waals surface area contributed by atoms with Crippen LogP contribution in [0.2, 0.25) is 0 Å². The molecule has 1 aliphatic heterocycles. The van der Waals surface area contributed by atoms with E-state index in [1.165, 1.54) is 23.4 Å². The Balaban J connectivity index is 1.40. The number of rotatable bonds is 9. The van der Waals surface area contributed by atoms with Gasteiger partial charge in [0.2, 0.25) is 11.8 Å². The fraction of sp³-hybridized carbons (Fsp3) is 0.412. The van der Waals surface area contributed by atoms with Crippen molar-refractivity contribution in [3.63, 3.8) is 0 Å². The van der Waals surface area contributed by atoms with E-state index < -0.39 is 48.6 Å². The van der Waals surface area contributed by atoms with Gasteiger partial charge >= 0.3 is 12.3 Å². The van der Waals surface area contributed by atoms with Gasteiger partial charge in [0.05, 0.1) is 30.0 Å². The molecular formula is C34H37F5N6O4. The SMILES string of the molecule is CO[C@@H](CNc1c(F)ccc2c(Oc3ncccc3-c3ccnc(NC4CC(F)CN(C(=O)OC(C)(C)C)C4)n3)c(C)ccc12)C(F)(F)F. The lowest BCUT2D eigenvalue weighted by molar-refractivity contribution is -0.207. The normalized spacial score (nSPS) is 17.5. The number of carbonyl (C=O) groups is 1. The maximum absolute atomic E-state index is 15.0. The minimum Gasteiger partial charge on any atom is -0.444 e. The van der Waals surface area contributed by atoms with E-state index in [9.17, 15) is 26.7 Å². The molecule has 15 heteroatoms. The van der Waals surface area contributed by atoms with Gasteiger partial charge in [-0.1, -0.05) is 12.1 Å². The van der Waals surface area contributed by atoms with Gasteiger partial charge < -0.3 is 29.7 Å². The van der Waals surface area contributed by atoms with Gasteiger partial charge in [0, 0.05) is 49.3 Å². The van der Waals surface area contributed by atoms with E-state index in [0.29, 0.717) is 33.3 Å². The van der Waals surface area contributed by atoms with Crippen LogP contribution < -0.4 is 15.4 Å². The van der Waals surface area contributed by atoms with E-state index in [-0.39, 0.29) is 37.0 Å². The van der Waals surface area contributed by atoms with Crippen LogP contribution in [0.1, 0.15) is 32.8 Å². The van der Waals surface area contributed by atoms with Crippen LogP contribution in [-0.4, -0.2) is 82.8 Å². The minimum absolute atomic E-state index is 0.0800. The molecular weight excluding hydrogens is 651 g/mol. The van der Waals surface area contributed by atoms with Crippen molar-refractivity contribution < 1.29 is 41.0 Å². The third-order valence-corrected chi connectivity index (χ3v) is 7.70. The Hall–Kier alpha value is -4.79. The standard InChI is InChI=1S/C34H37F5N6O4/c1-19-8-9-22-23(10-11-25(36)28(22)42-16-27(47-5)34(37,38)39)29(19)48-30-24(7-6-13-40-30)26-12-14-41-31(44-26)43-21-15-20(35)17-45(18-21)32(46)49-33(2,3)4/h6-14,20-21,27,42H,15-18H2,1-5H3,(H,41,43,44)/t20?,21?,27-/m0/s1. The Kier molecular flexibility index (Phi) is 10.4. The molecule has 262 valence electrons. The van der Waals surface area contributed by atoms with Gasteiger partial charge in [0.25, 0.3) is 0 Å². The summed E-state index contributed by atoms with van der Waals surface area (Å²) in [7, 11) is 0.936. The Labute approximate surface area is 280 Å². The summed E-state index contributed by atoms with van der Waals surface area (Å²) in [5.74, 6) is -0.0948. The molecule has 1 amide bonds. The van der Waals surface area contributed by atoms with Crippen molar-refractivity contribution in [1.29, 1.82) is 0 Å². The fourth-order valence-electron chi connectivity index (χ4n) is 5.45. The number of pyridine rings is 1. The fourth-order valence-corrected chi connectivity index (χ4v) is 5.45. The maximum Gasteiger partial charge on any atom is 0.416 e. The number of benzene rings is 2. The first-order chi connectivity index (χ1) is 23.1. The van der Waals surface area contributed by atoms with Crippen molar-refractivity contribution in [3.8, 4) is 22.9 Å². The molecule has 4 aromatic rings. The summed E-state index contributed by atoms with van der Waals surface area (Å²) in [5, 5.41) is 6.40. The number of nitrogens with zero attached hydrogens (tertiary/aromatic N) is 4. The minimum atomic E-state index is -4.65. The molecule has 0 bridgehead atoms. The highest BCUT2D eigenvalue weighted by Gasteiger charge is 2.40. The van der Waals surface area contributed by atoms with Crippen LogP contribution in [0.4, 0.5) is 38.4 Å². The molecule has 2 unspecified atom stereocenters. The third kappa shape index (κ3) is 8.63. The van der Waals surface area contributed by atoms with Crippen LogP contribution in [0.15, 0.2) is 54.9 Å². The van der Waals surface area contributed by atoms with Crippen LogP contribution in [0.25, 0.3) is 22.0 Å². The van der Waals surface area contributed by atoms with Gasteiger partial charge in [-0.25, -0.2) is 28.5 Å². The summed E-state index contributed by atoms with van der Waals surface area (Å²) >= 11 is 0. The molecule has 2 aromatic carbocycles. The maximum atomic E-state index is 15.0. The smallest absolute Gasteiger partial charge is 0.416 e. The highest BCUT2D eigenvalue weighted by atomic mass is 19.4. The summed E-state index contributed by atoms with van der Waals surface area (Å²) in [5.41, 5.74) is 0.685. The molecule has 0 saturated carbocycles. The topological polar surface area (TPSA) is 111 Å². The number of amides is 1. The number of likely N-dealkylation sites (tertiary alicyclic amines) is 1. The molecule has 1 aliphatic rings. The van der Waals surface area contributed by atoms with E-state index >= 15 is 0 Å². The lowest BCUT2D eigenvalue weighted by Crippen LogP contribution is -2.51. The predicted octanol–water partition coefficient (Wildman–Crippen LogP) is 7.68. The second kappa shape index (κ2) is 14.4. The zero-order valence-electron chi connectivity index (χ0n) is 27.6. The van der Waals surface area contributed by atoms with Crippen LogP contribution >= 0.6 is 0 Å². The van der Waals surface area contributed by atoms with Crippen LogP contribution in [-0.2, 0) is 9.47 Å². The molecule has 0 spiro atoms. The van der Waals surface area contributed by atoms with E-state index in [1.807, 2.05) is 0 Å². The van der Waals surface area contributed by atoms with Crippen molar-refractivity contribution in [2.24, 2.45) is 0 Å². The second-order valence-corrected chi connectivity index (χ2v) is 12.7. The number of methoxy groups -OCH3 is 1. The number of ether oxygens (including phenoxy) is 3. The third-order valence-electron chi connectivity index (χ3n) is 7.70. The number of aromatic nitrogens is 3. The molecule has 2 aromatic heterocycles. The Bertz CT molecular complexity index is 1800. The lowest BCUT2D eigenvalue weighted by Gasteiger charge is -2.36. The number of hydrogen-bond donors (Lipinski definition) is 2. The Morgan fingerprint density at radius 2 is 1.80 bits per heavy atom. The zero-order chi connectivity index (χ0) is 35.5. The Morgan fingerprint density at radius 1 is 1.04 bits per heavy atom. The molecule has 10 nitrogen and oxygen atoms in total.